The van der Waals surface area contributed by atoms with Gasteiger partial charge in [0.25, 0.3) is 0 Å². The summed E-state index contributed by atoms with van der Waals surface area (Å²) in [5.41, 5.74) is 6.39. The summed E-state index contributed by atoms with van der Waals surface area (Å²) in [5.74, 6) is 0.707. The predicted molar refractivity (Wildman–Crippen MR) is 100 cm³/mol. The van der Waals surface area contributed by atoms with E-state index in [0.717, 1.165) is 17.1 Å². The first-order chi connectivity index (χ1) is 11.8. The number of hydrogen-bond donors (Lipinski definition) is 0. The molecule has 1 aliphatic heterocycles. The van der Waals surface area contributed by atoms with Crippen molar-refractivity contribution in [2.24, 2.45) is 0 Å². The van der Waals surface area contributed by atoms with Crippen molar-refractivity contribution in [3.05, 3.63) is 52.6 Å². The molecule has 0 aliphatic carbocycles. The Labute approximate surface area is 149 Å². The van der Waals surface area contributed by atoms with Gasteiger partial charge in [-0.3, -0.25) is 0 Å². The summed E-state index contributed by atoms with van der Waals surface area (Å²) in [7, 11) is 3.44. The second kappa shape index (κ2) is 6.10. The molecule has 0 bridgehead atoms. The van der Waals surface area contributed by atoms with E-state index in [1.807, 2.05) is 19.2 Å². The lowest BCUT2D eigenvalue weighted by Crippen LogP contribution is -2.19. The third-order valence-electron chi connectivity index (χ3n) is 5.16. The summed E-state index contributed by atoms with van der Waals surface area (Å²) < 4.78 is 10.7. The van der Waals surface area contributed by atoms with Crippen LogP contribution >= 0.6 is 0 Å². The minimum Gasteiger partial charge on any atom is -0.492 e. The minimum atomic E-state index is -0.322. The lowest BCUT2D eigenvalue weighted by molar-refractivity contribution is 0.0601. The van der Waals surface area contributed by atoms with Gasteiger partial charge in [0, 0.05) is 29.4 Å². The maximum Gasteiger partial charge on any atom is 0.337 e. The van der Waals surface area contributed by atoms with Crippen LogP contribution in [-0.4, -0.2) is 26.7 Å². The Morgan fingerprint density at radius 1 is 1.16 bits per heavy atom. The van der Waals surface area contributed by atoms with Crippen molar-refractivity contribution >= 4 is 17.3 Å². The van der Waals surface area contributed by atoms with Crippen molar-refractivity contribution in [3.63, 3.8) is 0 Å². The molecule has 0 unspecified atom stereocenters. The lowest BCUT2D eigenvalue weighted by Gasteiger charge is -2.25. The summed E-state index contributed by atoms with van der Waals surface area (Å²) in [6.45, 7) is 9.38. The molecule has 0 fully saturated rings. The van der Waals surface area contributed by atoms with E-state index in [1.54, 1.807) is 12.1 Å². The van der Waals surface area contributed by atoms with Crippen molar-refractivity contribution in [1.29, 1.82) is 0 Å². The van der Waals surface area contributed by atoms with Crippen LogP contribution in [0.3, 0.4) is 0 Å². The molecule has 3 rings (SSSR count). The Bertz CT molecular complexity index is 822. The van der Waals surface area contributed by atoms with Gasteiger partial charge in [0.15, 0.2) is 0 Å². The van der Waals surface area contributed by atoms with E-state index < -0.39 is 0 Å². The zero-order chi connectivity index (χ0) is 18.4. The van der Waals surface area contributed by atoms with Crippen LogP contribution < -0.4 is 9.64 Å². The van der Waals surface area contributed by atoms with Gasteiger partial charge in [-0.25, -0.2) is 4.79 Å². The first-order valence-corrected chi connectivity index (χ1v) is 8.46. The normalized spacial score (nSPS) is 14.6. The van der Waals surface area contributed by atoms with E-state index in [4.69, 9.17) is 9.47 Å². The molecule has 1 heterocycles. The van der Waals surface area contributed by atoms with Gasteiger partial charge < -0.3 is 14.4 Å². The maximum absolute atomic E-state index is 11.6. The zero-order valence-electron chi connectivity index (χ0n) is 15.8. The van der Waals surface area contributed by atoms with Gasteiger partial charge in [-0.05, 0) is 55.3 Å². The van der Waals surface area contributed by atoms with Gasteiger partial charge in [-0.15, -0.1) is 0 Å². The molecular formula is C21H25NO3. The molecule has 1 aliphatic rings. The molecular weight excluding hydrogens is 314 g/mol. The highest BCUT2D eigenvalue weighted by atomic mass is 16.5. The number of ether oxygens (including phenoxy) is 2. The van der Waals surface area contributed by atoms with Gasteiger partial charge in [-0.1, -0.05) is 13.8 Å². The molecule has 2 aromatic carbocycles. The van der Waals surface area contributed by atoms with Crippen LogP contribution in [0.2, 0.25) is 0 Å². The van der Waals surface area contributed by atoms with Crippen molar-refractivity contribution in [2.75, 3.05) is 25.7 Å². The SMILES string of the molecule is COC(=O)c1ccc(N(C)c2cc3c(c(C)c2C)OCC3(C)C)cc1. The van der Waals surface area contributed by atoms with Crippen LogP contribution in [0.15, 0.2) is 30.3 Å². The van der Waals surface area contributed by atoms with Crippen molar-refractivity contribution in [3.8, 4) is 5.75 Å². The van der Waals surface area contributed by atoms with Crippen LogP contribution in [0.4, 0.5) is 11.4 Å². The number of carbonyl (C=O) groups excluding carboxylic acids is 1. The number of esters is 1. The van der Waals surface area contributed by atoms with E-state index in [-0.39, 0.29) is 11.4 Å². The Hall–Kier alpha value is -2.49. The maximum atomic E-state index is 11.6. The van der Waals surface area contributed by atoms with Crippen molar-refractivity contribution in [2.45, 2.75) is 33.1 Å². The number of nitrogens with zero attached hydrogens (tertiary/aromatic N) is 1. The number of hydrogen-bond acceptors (Lipinski definition) is 4. The summed E-state index contributed by atoms with van der Waals surface area (Å²) in [6.07, 6.45) is 0. The number of anilines is 2. The smallest absolute Gasteiger partial charge is 0.337 e. The van der Waals surface area contributed by atoms with Crippen LogP contribution in [0.1, 0.15) is 40.9 Å². The Morgan fingerprint density at radius 2 is 1.80 bits per heavy atom. The quantitative estimate of drug-likeness (QED) is 0.770. The molecule has 0 saturated heterocycles. The van der Waals surface area contributed by atoms with Crippen LogP contribution in [0, 0.1) is 13.8 Å². The molecule has 2 aromatic rings. The Balaban J connectivity index is 2.02. The largest absolute Gasteiger partial charge is 0.492 e. The van der Waals surface area contributed by atoms with E-state index in [0.29, 0.717) is 12.2 Å². The standard InChI is InChI=1S/C21H25NO3/c1-13-14(2)19-17(21(3,4)12-25-19)11-18(13)22(5)16-9-7-15(8-10-16)20(23)24-6/h7-11H,12H2,1-6H3. The average molecular weight is 339 g/mol. The average Bonchev–Trinajstić information content (AvgIpc) is 2.91. The highest BCUT2D eigenvalue weighted by molar-refractivity contribution is 5.90. The molecule has 25 heavy (non-hydrogen) atoms. The molecule has 0 saturated carbocycles. The first kappa shape index (κ1) is 17.3. The van der Waals surface area contributed by atoms with Crippen LogP contribution in [-0.2, 0) is 10.2 Å². The Kier molecular flexibility index (Phi) is 4.23. The number of benzene rings is 2. The molecule has 132 valence electrons. The zero-order valence-corrected chi connectivity index (χ0v) is 15.8. The Morgan fingerprint density at radius 3 is 2.40 bits per heavy atom. The van der Waals surface area contributed by atoms with E-state index in [2.05, 4.69) is 38.7 Å². The highest BCUT2D eigenvalue weighted by Gasteiger charge is 2.34. The lowest BCUT2D eigenvalue weighted by atomic mass is 9.84. The van der Waals surface area contributed by atoms with E-state index in [9.17, 15) is 4.79 Å². The predicted octanol–water partition coefficient (Wildman–Crippen LogP) is 4.53. The number of rotatable bonds is 3. The molecule has 0 radical (unpaired) electrons. The third-order valence-corrected chi connectivity index (χ3v) is 5.16. The summed E-state index contributed by atoms with van der Waals surface area (Å²) >= 11 is 0. The topological polar surface area (TPSA) is 38.8 Å². The monoisotopic (exact) mass is 339 g/mol. The van der Waals surface area contributed by atoms with Crippen LogP contribution in [0.25, 0.3) is 0 Å². The minimum absolute atomic E-state index is 0.0120. The first-order valence-electron chi connectivity index (χ1n) is 8.46. The molecule has 0 amide bonds. The fourth-order valence-electron chi connectivity index (χ4n) is 3.32. The number of methoxy groups -OCH3 is 1. The van der Waals surface area contributed by atoms with Gasteiger partial charge in [-0.2, -0.15) is 0 Å². The van der Waals surface area contributed by atoms with Gasteiger partial charge >= 0.3 is 5.97 Å². The van der Waals surface area contributed by atoms with Crippen LogP contribution in [0.5, 0.6) is 5.75 Å². The highest BCUT2D eigenvalue weighted by Crippen LogP contribution is 2.45. The second-order valence-corrected chi connectivity index (χ2v) is 7.29. The molecule has 0 spiro atoms. The van der Waals surface area contributed by atoms with E-state index in [1.165, 1.54) is 23.8 Å². The number of carbonyl (C=O) groups is 1. The molecule has 0 N–H and O–H groups in total. The second-order valence-electron chi connectivity index (χ2n) is 7.29. The van der Waals surface area contributed by atoms with Gasteiger partial charge in [0.2, 0.25) is 0 Å². The summed E-state index contributed by atoms with van der Waals surface area (Å²) in [4.78, 5) is 13.8. The number of fused-ring (bicyclic) bond motifs is 1. The molecule has 0 atom stereocenters. The van der Waals surface area contributed by atoms with Gasteiger partial charge in [0.1, 0.15) is 5.75 Å². The molecule has 4 nitrogen and oxygen atoms in total. The summed E-state index contributed by atoms with van der Waals surface area (Å²) in [6, 6.07) is 9.70. The fourth-order valence-corrected chi connectivity index (χ4v) is 3.32. The van der Waals surface area contributed by atoms with Gasteiger partial charge in [0.05, 0.1) is 19.3 Å². The third kappa shape index (κ3) is 2.86. The molecule has 0 aromatic heterocycles. The van der Waals surface area contributed by atoms with E-state index >= 15 is 0 Å². The summed E-state index contributed by atoms with van der Waals surface area (Å²) in [5, 5.41) is 0. The van der Waals surface area contributed by atoms with Crippen molar-refractivity contribution in [1.82, 2.24) is 0 Å². The fraction of sp³-hybridized carbons (Fsp3) is 0.381. The van der Waals surface area contributed by atoms with Crippen molar-refractivity contribution < 1.29 is 14.3 Å². The molecule has 4 heteroatoms.